The zero-order valence-corrected chi connectivity index (χ0v) is 16.4. The van der Waals surface area contributed by atoms with E-state index >= 15 is 0 Å². The third-order valence-electron chi connectivity index (χ3n) is 5.67. The highest BCUT2D eigenvalue weighted by atomic mass is 16.5. The summed E-state index contributed by atoms with van der Waals surface area (Å²) >= 11 is 0. The van der Waals surface area contributed by atoms with Gasteiger partial charge in [0.05, 0.1) is 6.10 Å². The van der Waals surface area contributed by atoms with Crippen molar-refractivity contribution in [2.45, 2.75) is 39.0 Å². The summed E-state index contributed by atoms with van der Waals surface area (Å²) in [6.07, 6.45) is 15.2. The van der Waals surface area contributed by atoms with Gasteiger partial charge in [0.1, 0.15) is 6.23 Å². The van der Waals surface area contributed by atoms with E-state index in [0.29, 0.717) is 6.10 Å². The summed E-state index contributed by atoms with van der Waals surface area (Å²) in [5.74, 6) is 0.804. The zero-order valence-electron chi connectivity index (χ0n) is 16.4. The quantitative estimate of drug-likeness (QED) is 0.762. The van der Waals surface area contributed by atoms with Crippen LogP contribution in [0, 0.1) is 5.92 Å². The second kappa shape index (κ2) is 7.24. The van der Waals surface area contributed by atoms with Gasteiger partial charge in [0.25, 0.3) is 0 Å². The van der Waals surface area contributed by atoms with Crippen molar-refractivity contribution in [2.24, 2.45) is 13.0 Å². The lowest BCUT2D eigenvalue weighted by Gasteiger charge is -2.35. The summed E-state index contributed by atoms with van der Waals surface area (Å²) in [6.45, 7) is 8.33. The maximum Gasteiger partial charge on any atom is 0.147 e. The number of fused-ring (bicyclic) bond motifs is 1. The summed E-state index contributed by atoms with van der Waals surface area (Å²) in [7, 11) is 2.11. The number of nitrogens with one attached hydrogen (secondary N) is 1. The Hall–Kier alpha value is -2.52. The van der Waals surface area contributed by atoms with E-state index < -0.39 is 0 Å². The summed E-state index contributed by atoms with van der Waals surface area (Å²) < 4.78 is 8.30. The predicted octanol–water partition coefficient (Wildman–Crippen LogP) is 5.50. The molecule has 2 aliphatic rings. The van der Waals surface area contributed by atoms with Gasteiger partial charge in [-0.3, -0.25) is 0 Å². The van der Waals surface area contributed by atoms with Crippen LogP contribution in [0.3, 0.4) is 0 Å². The fraction of sp³-hybridized carbons (Fsp3) is 0.333. The molecule has 0 saturated heterocycles. The molecule has 4 rings (SSSR count). The van der Waals surface area contributed by atoms with Gasteiger partial charge in [0.15, 0.2) is 0 Å². The van der Waals surface area contributed by atoms with E-state index in [1.165, 1.54) is 46.1 Å². The van der Waals surface area contributed by atoms with Crippen molar-refractivity contribution in [3.8, 4) is 0 Å². The number of hydrogen-bond acceptors (Lipinski definition) is 2. The third-order valence-corrected chi connectivity index (χ3v) is 5.67. The predicted molar refractivity (Wildman–Crippen MR) is 115 cm³/mol. The highest BCUT2D eigenvalue weighted by molar-refractivity contribution is 5.96. The monoisotopic (exact) mass is 360 g/mol. The van der Waals surface area contributed by atoms with Crippen molar-refractivity contribution in [3.05, 3.63) is 66.0 Å². The molecule has 140 valence electrons. The molecule has 0 spiro atoms. The van der Waals surface area contributed by atoms with E-state index in [0.717, 1.165) is 5.92 Å². The molecule has 1 unspecified atom stereocenters. The molecule has 27 heavy (non-hydrogen) atoms. The molecule has 1 aliphatic heterocycles. The molecule has 1 aromatic carbocycles. The Labute approximate surface area is 161 Å². The van der Waals surface area contributed by atoms with Gasteiger partial charge in [-0.1, -0.05) is 43.9 Å². The first kappa shape index (κ1) is 17.9. The maximum absolute atomic E-state index is 6.07. The second-order valence-electron chi connectivity index (χ2n) is 7.67. The number of ether oxygens (including phenoxy) is 1. The standard InChI is InChI=1S/C24H28N2O/c1-5-7-22-20(6-2)21-10-8-17(14-23(21)26(22)4)18-9-11-24(25-15-18)27-19-12-16(3)13-19/h5-11,14-16,19,24-25H,2,12-13H2,1,3-4H3/b7-5-. The van der Waals surface area contributed by atoms with Gasteiger partial charge >= 0.3 is 0 Å². The van der Waals surface area contributed by atoms with Crippen molar-refractivity contribution in [1.82, 2.24) is 9.88 Å². The molecular formula is C24H28N2O. The van der Waals surface area contributed by atoms with Gasteiger partial charge in [-0.15, -0.1) is 0 Å². The molecule has 3 nitrogen and oxygen atoms in total. The maximum atomic E-state index is 6.07. The average Bonchev–Trinajstić information content (AvgIpc) is 2.92. The van der Waals surface area contributed by atoms with Crippen molar-refractivity contribution < 1.29 is 4.74 Å². The smallest absolute Gasteiger partial charge is 0.147 e. The SMILES string of the molecule is C=Cc1c(/C=C\C)n(C)c2cc(C3=CNC(OC4CC(C)C4)C=C3)ccc12. The van der Waals surface area contributed by atoms with Gasteiger partial charge < -0.3 is 14.6 Å². The largest absolute Gasteiger partial charge is 0.362 e. The zero-order chi connectivity index (χ0) is 19.0. The lowest BCUT2D eigenvalue weighted by atomic mass is 9.84. The normalized spacial score (nSPS) is 24.7. The molecule has 0 amide bonds. The first-order valence-electron chi connectivity index (χ1n) is 9.78. The van der Waals surface area contributed by atoms with Gasteiger partial charge in [0.2, 0.25) is 0 Å². The molecule has 1 saturated carbocycles. The number of aryl methyl sites for hydroxylation is 1. The Morgan fingerprint density at radius 1 is 1.30 bits per heavy atom. The summed E-state index contributed by atoms with van der Waals surface area (Å²) in [5.41, 5.74) is 5.96. The van der Waals surface area contributed by atoms with Gasteiger partial charge in [-0.25, -0.2) is 0 Å². The molecular weight excluding hydrogens is 332 g/mol. The highest BCUT2D eigenvalue weighted by Gasteiger charge is 2.28. The number of allylic oxidation sites excluding steroid dienone is 3. The Balaban J connectivity index is 1.58. The highest BCUT2D eigenvalue weighted by Crippen LogP contribution is 2.32. The Morgan fingerprint density at radius 3 is 2.74 bits per heavy atom. The molecule has 1 N–H and O–H groups in total. The number of rotatable bonds is 5. The number of benzene rings is 1. The fourth-order valence-corrected chi connectivity index (χ4v) is 4.12. The number of aromatic nitrogens is 1. The molecule has 2 heterocycles. The molecule has 0 bridgehead atoms. The van der Waals surface area contributed by atoms with Crippen LogP contribution in [0.1, 0.15) is 43.5 Å². The Morgan fingerprint density at radius 2 is 2.11 bits per heavy atom. The average molecular weight is 361 g/mol. The van der Waals surface area contributed by atoms with E-state index in [-0.39, 0.29) is 6.23 Å². The molecule has 1 fully saturated rings. The van der Waals surface area contributed by atoms with Crippen LogP contribution >= 0.6 is 0 Å². The summed E-state index contributed by atoms with van der Waals surface area (Å²) in [6, 6.07) is 6.63. The number of nitrogens with zero attached hydrogens (tertiary/aromatic N) is 1. The topological polar surface area (TPSA) is 26.2 Å². The first-order chi connectivity index (χ1) is 13.1. The van der Waals surface area contributed by atoms with E-state index in [1.807, 2.05) is 13.0 Å². The number of dihydropyridines is 1. The van der Waals surface area contributed by atoms with Gasteiger partial charge in [-0.2, -0.15) is 0 Å². The molecule has 1 aromatic heterocycles. The van der Waals surface area contributed by atoms with Crippen LogP contribution in [0.15, 0.2) is 49.2 Å². The number of hydrogen-bond donors (Lipinski definition) is 1. The fourth-order valence-electron chi connectivity index (χ4n) is 4.12. The van der Waals surface area contributed by atoms with E-state index in [1.54, 1.807) is 0 Å². The van der Waals surface area contributed by atoms with Crippen LogP contribution in [0.5, 0.6) is 0 Å². The molecule has 2 aromatic rings. The summed E-state index contributed by atoms with van der Waals surface area (Å²) in [5, 5.41) is 4.62. The van der Waals surface area contributed by atoms with Crippen LogP contribution in [0.2, 0.25) is 0 Å². The molecule has 1 aliphatic carbocycles. The first-order valence-corrected chi connectivity index (χ1v) is 9.78. The third kappa shape index (κ3) is 3.28. The Bertz CT molecular complexity index is 954. The molecule has 3 heteroatoms. The van der Waals surface area contributed by atoms with Gasteiger partial charge in [0, 0.05) is 35.4 Å². The van der Waals surface area contributed by atoms with Crippen molar-refractivity contribution in [2.75, 3.05) is 0 Å². The van der Waals surface area contributed by atoms with E-state index in [4.69, 9.17) is 4.74 Å². The lowest BCUT2D eigenvalue weighted by Crippen LogP contribution is -2.38. The molecule has 0 radical (unpaired) electrons. The van der Waals surface area contributed by atoms with Crippen LogP contribution in [0.4, 0.5) is 0 Å². The van der Waals surface area contributed by atoms with E-state index in [2.05, 4.69) is 79.1 Å². The lowest BCUT2D eigenvalue weighted by molar-refractivity contribution is -0.0610. The summed E-state index contributed by atoms with van der Waals surface area (Å²) in [4.78, 5) is 0. The minimum atomic E-state index is -0.0151. The second-order valence-corrected chi connectivity index (χ2v) is 7.67. The van der Waals surface area contributed by atoms with Crippen molar-refractivity contribution in [1.29, 1.82) is 0 Å². The Kier molecular flexibility index (Phi) is 4.79. The van der Waals surface area contributed by atoms with Gasteiger partial charge in [-0.05, 0) is 55.0 Å². The minimum absolute atomic E-state index is 0.0151. The van der Waals surface area contributed by atoms with Crippen molar-refractivity contribution >= 4 is 28.6 Å². The minimum Gasteiger partial charge on any atom is -0.362 e. The van der Waals surface area contributed by atoms with Crippen LogP contribution < -0.4 is 5.32 Å². The van der Waals surface area contributed by atoms with Crippen LogP contribution in [-0.4, -0.2) is 16.9 Å². The molecule has 1 atom stereocenters. The van der Waals surface area contributed by atoms with Crippen LogP contribution in [-0.2, 0) is 11.8 Å². The van der Waals surface area contributed by atoms with E-state index in [9.17, 15) is 0 Å². The van der Waals surface area contributed by atoms with Crippen LogP contribution in [0.25, 0.3) is 28.6 Å². The van der Waals surface area contributed by atoms with Crippen molar-refractivity contribution in [3.63, 3.8) is 0 Å².